The van der Waals surface area contributed by atoms with Gasteiger partial charge in [0.05, 0.1) is 0 Å². The quantitative estimate of drug-likeness (QED) is 0.308. The lowest BCUT2D eigenvalue weighted by molar-refractivity contribution is 0.603. The fraction of sp³-hybridized carbons (Fsp3) is 0.409. The summed E-state index contributed by atoms with van der Waals surface area (Å²) in [4.78, 5) is 0. The summed E-state index contributed by atoms with van der Waals surface area (Å²) in [5.41, 5.74) is 6.50. The molecule has 0 amide bonds. The molecule has 0 unspecified atom stereocenters. The van der Waals surface area contributed by atoms with Gasteiger partial charge in [0, 0.05) is 16.7 Å². The third-order valence-corrected chi connectivity index (χ3v) is 5.66. The van der Waals surface area contributed by atoms with E-state index in [-0.39, 0.29) is 0 Å². The fourth-order valence-corrected chi connectivity index (χ4v) is 4.17. The van der Waals surface area contributed by atoms with Crippen molar-refractivity contribution in [1.29, 1.82) is 0 Å². The van der Waals surface area contributed by atoms with Crippen molar-refractivity contribution in [1.82, 2.24) is 5.32 Å². The molecule has 3 rings (SSSR count). The monoisotopic (exact) mass is 430 g/mol. The number of thiocarbonyl (C=S) groups is 1. The number of nitrogens with one attached hydrogen (secondary N) is 2. The SMILES string of the molecule is CCCCCCCCNC(=S)Nc1ccc2c(c1)Cc1cc(Br)ccc1-2. The van der Waals surface area contributed by atoms with E-state index in [1.165, 1.54) is 60.8 Å². The molecule has 26 heavy (non-hydrogen) atoms. The number of hydrogen-bond acceptors (Lipinski definition) is 1. The lowest BCUT2D eigenvalue weighted by atomic mass is 10.1. The average Bonchev–Trinajstić information content (AvgIpc) is 2.97. The Kier molecular flexibility index (Phi) is 7.09. The molecule has 0 heterocycles. The smallest absolute Gasteiger partial charge is 0.170 e. The van der Waals surface area contributed by atoms with Gasteiger partial charge in [-0.2, -0.15) is 0 Å². The highest BCUT2D eigenvalue weighted by molar-refractivity contribution is 9.10. The number of fused-ring (bicyclic) bond motifs is 3. The Balaban J connectivity index is 1.47. The lowest BCUT2D eigenvalue weighted by Gasteiger charge is -2.12. The maximum Gasteiger partial charge on any atom is 0.170 e. The summed E-state index contributed by atoms with van der Waals surface area (Å²) in [5, 5.41) is 7.38. The van der Waals surface area contributed by atoms with Gasteiger partial charge in [0.1, 0.15) is 0 Å². The van der Waals surface area contributed by atoms with Crippen molar-refractivity contribution in [2.45, 2.75) is 51.9 Å². The van der Waals surface area contributed by atoms with E-state index in [2.05, 4.69) is 69.9 Å². The Bertz CT molecular complexity index is 773. The van der Waals surface area contributed by atoms with Gasteiger partial charge in [0.2, 0.25) is 0 Å². The molecule has 2 nitrogen and oxygen atoms in total. The van der Waals surface area contributed by atoms with Crippen molar-refractivity contribution in [3.8, 4) is 11.1 Å². The highest BCUT2D eigenvalue weighted by Gasteiger charge is 2.18. The zero-order valence-corrected chi connectivity index (χ0v) is 17.8. The van der Waals surface area contributed by atoms with Crippen LogP contribution in [0.15, 0.2) is 40.9 Å². The van der Waals surface area contributed by atoms with Crippen molar-refractivity contribution < 1.29 is 0 Å². The Morgan fingerprint density at radius 3 is 2.46 bits per heavy atom. The molecule has 1 aliphatic carbocycles. The van der Waals surface area contributed by atoms with Crippen molar-refractivity contribution in [3.05, 3.63) is 52.0 Å². The molecule has 4 heteroatoms. The maximum atomic E-state index is 5.44. The van der Waals surface area contributed by atoms with E-state index in [4.69, 9.17) is 12.2 Å². The number of anilines is 1. The Hall–Kier alpha value is -1.39. The topological polar surface area (TPSA) is 24.1 Å². The summed E-state index contributed by atoms with van der Waals surface area (Å²) in [6.07, 6.45) is 8.78. The van der Waals surface area contributed by atoms with Gasteiger partial charge >= 0.3 is 0 Å². The van der Waals surface area contributed by atoms with Crippen LogP contribution in [0.3, 0.4) is 0 Å². The van der Waals surface area contributed by atoms with Gasteiger partial charge < -0.3 is 10.6 Å². The standard InChI is InChI=1S/C22H27BrN2S/c1-2-3-4-5-6-7-12-24-22(26)25-19-9-11-21-17(15-19)13-16-14-18(23)8-10-20(16)21/h8-11,14-15H,2-7,12-13H2,1H3,(H2,24,25,26). The van der Waals surface area contributed by atoms with Gasteiger partial charge in [-0.05, 0) is 71.6 Å². The molecule has 0 atom stereocenters. The van der Waals surface area contributed by atoms with Crippen molar-refractivity contribution in [2.75, 3.05) is 11.9 Å². The van der Waals surface area contributed by atoms with Crippen LogP contribution in [0.2, 0.25) is 0 Å². The third kappa shape index (κ3) is 5.08. The first kappa shape index (κ1) is 19.4. The summed E-state index contributed by atoms with van der Waals surface area (Å²) in [6.45, 7) is 3.20. The van der Waals surface area contributed by atoms with E-state index in [0.717, 1.165) is 28.2 Å². The normalized spacial score (nSPS) is 11.8. The summed E-state index contributed by atoms with van der Waals surface area (Å²) < 4.78 is 1.14. The second kappa shape index (κ2) is 9.52. The van der Waals surface area contributed by atoms with Crippen molar-refractivity contribution >= 4 is 38.9 Å². The van der Waals surface area contributed by atoms with E-state index in [9.17, 15) is 0 Å². The van der Waals surface area contributed by atoms with Crippen molar-refractivity contribution in [3.63, 3.8) is 0 Å². The predicted octanol–water partition coefficient (Wildman–Crippen LogP) is 6.67. The van der Waals surface area contributed by atoms with Crippen molar-refractivity contribution in [2.24, 2.45) is 0 Å². The van der Waals surface area contributed by atoms with Crippen LogP contribution in [0.1, 0.15) is 56.6 Å². The second-order valence-electron chi connectivity index (χ2n) is 7.00. The van der Waals surface area contributed by atoms with Gasteiger partial charge in [-0.1, -0.05) is 67.1 Å². The predicted molar refractivity (Wildman–Crippen MR) is 120 cm³/mol. The van der Waals surface area contributed by atoms with E-state index >= 15 is 0 Å². The minimum atomic E-state index is 0.719. The molecule has 0 saturated carbocycles. The van der Waals surface area contributed by atoms with Gasteiger partial charge in [0.25, 0.3) is 0 Å². The molecule has 0 aliphatic heterocycles. The van der Waals surface area contributed by atoms with E-state index in [1.54, 1.807) is 0 Å². The van der Waals surface area contributed by atoms with Gasteiger partial charge in [-0.25, -0.2) is 0 Å². The van der Waals surface area contributed by atoms with Crippen LogP contribution in [-0.2, 0) is 6.42 Å². The maximum absolute atomic E-state index is 5.44. The minimum Gasteiger partial charge on any atom is -0.362 e. The minimum absolute atomic E-state index is 0.719. The van der Waals surface area contributed by atoms with Gasteiger partial charge in [-0.3, -0.25) is 0 Å². The van der Waals surface area contributed by atoms with Crippen LogP contribution >= 0.6 is 28.1 Å². The summed E-state index contributed by atoms with van der Waals surface area (Å²) >= 11 is 9.01. The number of benzene rings is 2. The van der Waals surface area contributed by atoms with Crippen LogP contribution in [0.4, 0.5) is 5.69 Å². The Morgan fingerprint density at radius 1 is 0.962 bits per heavy atom. The summed E-state index contributed by atoms with van der Waals surface area (Å²) in [7, 11) is 0. The first-order valence-corrected chi connectivity index (χ1v) is 10.8. The van der Waals surface area contributed by atoms with E-state index in [0.29, 0.717) is 0 Å². The number of hydrogen-bond donors (Lipinski definition) is 2. The van der Waals surface area contributed by atoms with Crippen LogP contribution in [0.5, 0.6) is 0 Å². The molecule has 0 aromatic heterocycles. The molecule has 0 bridgehead atoms. The van der Waals surface area contributed by atoms with Crippen LogP contribution in [0.25, 0.3) is 11.1 Å². The van der Waals surface area contributed by atoms with Gasteiger partial charge in [0.15, 0.2) is 5.11 Å². The lowest BCUT2D eigenvalue weighted by Crippen LogP contribution is -2.29. The largest absolute Gasteiger partial charge is 0.362 e. The fourth-order valence-electron chi connectivity index (χ4n) is 3.54. The molecule has 2 aromatic rings. The molecule has 0 spiro atoms. The highest BCUT2D eigenvalue weighted by Crippen LogP contribution is 2.38. The number of rotatable bonds is 8. The average molecular weight is 431 g/mol. The summed E-state index contributed by atoms with van der Waals surface area (Å²) in [6, 6.07) is 13.1. The van der Waals surface area contributed by atoms with Crippen LogP contribution in [0, 0.1) is 0 Å². The number of halogens is 1. The Morgan fingerprint density at radius 2 is 1.65 bits per heavy atom. The van der Waals surface area contributed by atoms with Crippen LogP contribution in [-0.4, -0.2) is 11.7 Å². The third-order valence-electron chi connectivity index (χ3n) is 4.92. The molecule has 2 aromatic carbocycles. The molecule has 0 fully saturated rings. The molecular formula is C22H27BrN2S. The molecule has 138 valence electrons. The molecule has 1 aliphatic rings. The summed E-state index contributed by atoms with van der Waals surface area (Å²) in [5.74, 6) is 0. The molecule has 2 N–H and O–H groups in total. The van der Waals surface area contributed by atoms with Gasteiger partial charge in [-0.15, -0.1) is 0 Å². The van der Waals surface area contributed by atoms with E-state index in [1.807, 2.05) is 0 Å². The zero-order valence-electron chi connectivity index (χ0n) is 15.4. The van der Waals surface area contributed by atoms with Crippen LogP contribution < -0.4 is 10.6 Å². The van der Waals surface area contributed by atoms with E-state index < -0.39 is 0 Å². The molecule has 0 saturated heterocycles. The molecule has 0 radical (unpaired) electrons. The second-order valence-corrected chi connectivity index (χ2v) is 8.32. The molecular weight excluding hydrogens is 404 g/mol. The zero-order chi connectivity index (χ0) is 18.4. The first-order valence-electron chi connectivity index (χ1n) is 9.64. The first-order chi connectivity index (χ1) is 12.7. The number of unbranched alkanes of at least 4 members (excludes halogenated alkanes) is 5. The Labute approximate surface area is 170 Å². The highest BCUT2D eigenvalue weighted by atomic mass is 79.9.